The highest BCUT2D eigenvalue weighted by Gasteiger charge is 2.19. The monoisotopic (exact) mass is 422 g/mol. The zero-order valence-electron chi connectivity index (χ0n) is 17.1. The molecule has 0 saturated carbocycles. The molecule has 150 valence electrons. The van der Waals surface area contributed by atoms with E-state index < -0.39 is 0 Å². The molecule has 4 nitrogen and oxygen atoms in total. The van der Waals surface area contributed by atoms with Crippen LogP contribution in [0.5, 0.6) is 0 Å². The maximum absolute atomic E-state index is 10.1. The number of hydrogen-bond donors (Lipinski definition) is 1. The number of fused-ring (bicyclic) bond motifs is 3. The van der Waals surface area contributed by atoms with Crippen LogP contribution in [-0.2, 0) is 0 Å². The molecular weight excluding hydrogens is 404 g/mol. The Hall–Kier alpha value is -3.81. The first-order chi connectivity index (χ1) is 15.0. The molecule has 2 heterocycles. The molecule has 0 radical (unpaired) electrons. The molecule has 5 aromatic rings. The molecule has 5 rings (SSSR count). The third kappa shape index (κ3) is 3.30. The first kappa shape index (κ1) is 19.2. The molecular formula is C26H19ClN4. The van der Waals surface area contributed by atoms with Crippen LogP contribution in [0.1, 0.15) is 16.7 Å². The minimum absolute atomic E-state index is 0.550. The maximum atomic E-state index is 10.1. The molecule has 2 aromatic heterocycles. The molecule has 31 heavy (non-hydrogen) atoms. The van der Waals surface area contributed by atoms with Gasteiger partial charge in [0.15, 0.2) is 5.65 Å². The van der Waals surface area contributed by atoms with Gasteiger partial charge in [0.25, 0.3) is 0 Å². The molecule has 0 aliphatic heterocycles. The van der Waals surface area contributed by atoms with Gasteiger partial charge in [-0.1, -0.05) is 48.0 Å². The third-order valence-corrected chi connectivity index (χ3v) is 5.81. The number of aromatic nitrogens is 2. The number of rotatable bonds is 3. The van der Waals surface area contributed by atoms with Crippen LogP contribution in [0.15, 0.2) is 72.8 Å². The standard InChI is InChI=1S/C26H19ClN4/c1-16-11-23-24(12-17(16)2)31-25(29-20-10-6-9-19(27)13-20)14-21(18-7-4-3-5-8-18)22(15-28)26(31)30-23/h3-14,29H,1-2H3. The van der Waals surface area contributed by atoms with E-state index in [1.165, 1.54) is 11.1 Å². The average Bonchev–Trinajstić information content (AvgIpc) is 3.13. The fourth-order valence-electron chi connectivity index (χ4n) is 3.90. The number of hydrogen-bond acceptors (Lipinski definition) is 3. The van der Waals surface area contributed by atoms with Crippen molar-refractivity contribution in [3.05, 3.63) is 94.5 Å². The fraction of sp³-hybridized carbons (Fsp3) is 0.0769. The highest BCUT2D eigenvalue weighted by molar-refractivity contribution is 6.30. The lowest BCUT2D eigenvalue weighted by atomic mass is 10.0. The van der Waals surface area contributed by atoms with Crippen LogP contribution in [0, 0.1) is 25.2 Å². The molecule has 0 aliphatic rings. The van der Waals surface area contributed by atoms with E-state index in [1.54, 1.807) is 0 Å². The van der Waals surface area contributed by atoms with Crippen molar-refractivity contribution in [1.82, 2.24) is 9.38 Å². The van der Waals surface area contributed by atoms with E-state index in [-0.39, 0.29) is 0 Å². The molecule has 0 bridgehead atoms. The van der Waals surface area contributed by atoms with Gasteiger partial charge in [-0.3, -0.25) is 4.40 Å². The van der Waals surface area contributed by atoms with Gasteiger partial charge >= 0.3 is 0 Å². The normalized spacial score (nSPS) is 11.0. The van der Waals surface area contributed by atoms with Crippen molar-refractivity contribution in [3.63, 3.8) is 0 Å². The van der Waals surface area contributed by atoms with Crippen LogP contribution in [-0.4, -0.2) is 9.38 Å². The minimum Gasteiger partial charge on any atom is -0.341 e. The Morgan fingerprint density at radius 3 is 2.45 bits per heavy atom. The summed E-state index contributed by atoms with van der Waals surface area (Å²) in [4.78, 5) is 4.87. The number of nitrogens with one attached hydrogen (secondary N) is 1. The Balaban J connectivity index is 1.88. The van der Waals surface area contributed by atoms with Crippen molar-refractivity contribution in [2.24, 2.45) is 0 Å². The van der Waals surface area contributed by atoms with Crippen molar-refractivity contribution in [2.75, 3.05) is 5.32 Å². The molecule has 0 saturated heterocycles. The van der Waals surface area contributed by atoms with Crippen LogP contribution in [0.25, 0.3) is 27.8 Å². The number of halogens is 1. The van der Waals surface area contributed by atoms with Crippen molar-refractivity contribution in [3.8, 4) is 17.2 Å². The Morgan fingerprint density at radius 1 is 0.935 bits per heavy atom. The van der Waals surface area contributed by atoms with Crippen molar-refractivity contribution in [2.45, 2.75) is 13.8 Å². The van der Waals surface area contributed by atoms with E-state index in [2.05, 4.69) is 37.4 Å². The number of benzene rings is 3. The molecule has 5 heteroatoms. The van der Waals surface area contributed by atoms with Gasteiger partial charge in [0, 0.05) is 16.3 Å². The Labute approximate surface area is 185 Å². The van der Waals surface area contributed by atoms with Gasteiger partial charge in [-0.25, -0.2) is 4.98 Å². The summed E-state index contributed by atoms with van der Waals surface area (Å²) in [5, 5.41) is 14.2. The molecule has 3 aromatic carbocycles. The van der Waals surface area contributed by atoms with Gasteiger partial charge in [-0.05, 0) is 66.9 Å². The van der Waals surface area contributed by atoms with E-state index in [4.69, 9.17) is 16.6 Å². The number of aryl methyl sites for hydroxylation is 2. The molecule has 0 unspecified atom stereocenters. The van der Waals surface area contributed by atoms with Gasteiger partial charge in [-0.2, -0.15) is 5.26 Å². The first-order valence-electron chi connectivity index (χ1n) is 9.99. The first-order valence-corrected chi connectivity index (χ1v) is 10.4. The predicted molar refractivity (Wildman–Crippen MR) is 127 cm³/mol. The summed E-state index contributed by atoms with van der Waals surface area (Å²) in [7, 11) is 0. The van der Waals surface area contributed by atoms with E-state index in [0.717, 1.165) is 33.7 Å². The van der Waals surface area contributed by atoms with E-state index in [9.17, 15) is 5.26 Å². The maximum Gasteiger partial charge on any atom is 0.158 e. The predicted octanol–water partition coefficient (Wildman–Crippen LogP) is 7.04. The Kier molecular flexibility index (Phi) is 4.62. The second-order valence-corrected chi connectivity index (χ2v) is 8.06. The van der Waals surface area contributed by atoms with Crippen LogP contribution < -0.4 is 5.32 Å². The Bertz CT molecular complexity index is 1490. The van der Waals surface area contributed by atoms with E-state index >= 15 is 0 Å². The summed E-state index contributed by atoms with van der Waals surface area (Å²) >= 11 is 6.21. The van der Waals surface area contributed by atoms with Crippen molar-refractivity contribution < 1.29 is 0 Å². The van der Waals surface area contributed by atoms with Crippen LogP contribution >= 0.6 is 11.6 Å². The molecule has 0 atom stereocenters. The SMILES string of the molecule is Cc1cc2nc3c(C#N)c(-c4ccccc4)cc(Nc4cccc(Cl)c4)n3c2cc1C. The second kappa shape index (κ2) is 7.46. The van der Waals surface area contributed by atoms with Crippen molar-refractivity contribution in [1.29, 1.82) is 5.26 Å². The lowest BCUT2D eigenvalue weighted by Crippen LogP contribution is -2.02. The van der Waals surface area contributed by atoms with E-state index in [1.807, 2.05) is 65.1 Å². The van der Waals surface area contributed by atoms with Gasteiger partial charge in [-0.15, -0.1) is 0 Å². The number of nitrogens with zero attached hydrogens (tertiary/aromatic N) is 3. The highest BCUT2D eigenvalue weighted by Crippen LogP contribution is 2.34. The number of pyridine rings is 1. The zero-order valence-corrected chi connectivity index (χ0v) is 17.9. The van der Waals surface area contributed by atoms with Gasteiger partial charge in [0.1, 0.15) is 17.5 Å². The highest BCUT2D eigenvalue weighted by atomic mass is 35.5. The molecule has 0 aliphatic carbocycles. The largest absolute Gasteiger partial charge is 0.341 e. The summed E-state index contributed by atoms with van der Waals surface area (Å²) in [5.41, 5.74) is 8.01. The Morgan fingerprint density at radius 2 is 1.71 bits per heavy atom. The molecule has 1 N–H and O–H groups in total. The number of anilines is 2. The molecule has 0 fully saturated rings. The van der Waals surface area contributed by atoms with E-state index in [0.29, 0.717) is 16.2 Å². The molecule has 0 spiro atoms. The lowest BCUT2D eigenvalue weighted by molar-refractivity contribution is 1.21. The second-order valence-electron chi connectivity index (χ2n) is 7.63. The third-order valence-electron chi connectivity index (χ3n) is 5.58. The van der Waals surface area contributed by atoms with Crippen LogP contribution in [0.2, 0.25) is 5.02 Å². The lowest BCUT2D eigenvalue weighted by Gasteiger charge is -2.15. The topological polar surface area (TPSA) is 53.1 Å². The smallest absolute Gasteiger partial charge is 0.158 e. The summed E-state index contributed by atoms with van der Waals surface area (Å²) in [6.07, 6.45) is 0. The number of nitriles is 1. The molecule has 0 amide bonds. The zero-order chi connectivity index (χ0) is 21.5. The quantitative estimate of drug-likeness (QED) is 0.339. The van der Waals surface area contributed by atoms with Crippen molar-refractivity contribution >= 4 is 39.8 Å². The van der Waals surface area contributed by atoms with Gasteiger partial charge in [0.05, 0.1) is 11.0 Å². The van der Waals surface area contributed by atoms with Crippen LogP contribution in [0.3, 0.4) is 0 Å². The number of imidazole rings is 1. The summed E-state index contributed by atoms with van der Waals surface area (Å²) in [6, 6.07) is 26.1. The average molecular weight is 423 g/mol. The summed E-state index contributed by atoms with van der Waals surface area (Å²) in [6.45, 7) is 4.16. The minimum atomic E-state index is 0.550. The van der Waals surface area contributed by atoms with Crippen LogP contribution in [0.4, 0.5) is 11.5 Å². The fourth-order valence-corrected chi connectivity index (χ4v) is 4.09. The summed E-state index contributed by atoms with van der Waals surface area (Å²) < 4.78 is 2.02. The summed E-state index contributed by atoms with van der Waals surface area (Å²) in [5.74, 6) is 0.820. The van der Waals surface area contributed by atoms with Gasteiger partial charge < -0.3 is 5.32 Å². The van der Waals surface area contributed by atoms with Gasteiger partial charge in [0.2, 0.25) is 0 Å².